The molecule has 2 aromatic heterocycles. The molecule has 0 radical (unpaired) electrons. The summed E-state index contributed by atoms with van der Waals surface area (Å²) in [6.07, 6.45) is 3.76. The standard InChI is InChI=1S/C18H13N3O4/c22-15-4-5-16(23)25-18-12-2-1-3-14(24-15)17(12)13(20-21-18)10-11-6-8-19-9-7-11/h1-3,6-9H,4-5,10H2. The molecule has 0 spiro atoms. The second-order valence-electron chi connectivity index (χ2n) is 5.61. The van der Waals surface area contributed by atoms with Crippen LogP contribution < -0.4 is 9.47 Å². The highest BCUT2D eigenvalue weighted by atomic mass is 16.5. The van der Waals surface area contributed by atoms with Crippen molar-refractivity contribution < 1.29 is 19.1 Å². The predicted octanol–water partition coefficient (Wildman–Crippen LogP) is 2.22. The highest BCUT2D eigenvalue weighted by molar-refractivity contribution is 5.97. The third-order valence-electron chi connectivity index (χ3n) is 3.90. The molecule has 0 aliphatic carbocycles. The lowest BCUT2D eigenvalue weighted by molar-refractivity contribution is -0.140. The summed E-state index contributed by atoms with van der Waals surface area (Å²) in [5.74, 6) is -0.514. The highest BCUT2D eigenvalue weighted by Gasteiger charge is 2.21. The minimum absolute atomic E-state index is 0.0490. The summed E-state index contributed by atoms with van der Waals surface area (Å²) < 4.78 is 10.7. The van der Waals surface area contributed by atoms with Crippen LogP contribution in [0.1, 0.15) is 24.1 Å². The predicted molar refractivity (Wildman–Crippen MR) is 87.1 cm³/mol. The molecular formula is C18H13N3O4. The number of hydrogen-bond acceptors (Lipinski definition) is 7. The molecular weight excluding hydrogens is 322 g/mol. The summed E-state index contributed by atoms with van der Waals surface area (Å²) in [7, 11) is 0. The number of aromatic nitrogens is 3. The van der Waals surface area contributed by atoms with Crippen molar-refractivity contribution in [3.63, 3.8) is 0 Å². The monoisotopic (exact) mass is 335 g/mol. The van der Waals surface area contributed by atoms with E-state index in [-0.39, 0.29) is 18.7 Å². The summed E-state index contributed by atoms with van der Waals surface area (Å²) in [5, 5.41) is 9.47. The number of pyridine rings is 1. The van der Waals surface area contributed by atoms with E-state index < -0.39 is 11.9 Å². The molecule has 124 valence electrons. The van der Waals surface area contributed by atoms with Crippen LogP contribution in [0.4, 0.5) is 0 Å². The number of esters is 2. The van der Waals surface area contributed by atoms with Crippen molar-refractivity contribution >= 4 is 22.7 Å². The first-order chi connectivity index (χ1) is 12.2. The third-order valence-corrected chi connectivity index (χ3v) is 3.90. The molecule has 1 aliphatic heterocycles. The quantitative estimate of drug-likeness (QED) is 0.524. The van der Waals surface area contributed by atoms with Crippen molar-refractivity contribution in [2.45, 2.75) is 19.3 Å². The van der Waals surface area contributed by atoms with Crippen LogP contribution in [-0.2, 0) is 16.0 Å². The lowest BCUT2D eigenvalue weighted by atomic mass is 10.0. The van der Waals surface area contributed by atoms with E-state index in [1.165, 1.54) is 0 Å². The molecule has 0 N–H and O–H groups in total. The van der Waals surface area contributed by atoms with Crippen molar-refractivity contribution in [3.05, 3.63) is 54.0 Å². The molecule has 0 atom stereocenters. The Balaban J connectivity index is 1.91. The number of hydrogen-bond donors (Lipinski definition) is 0. The van der Waals surface area contributed by atoms with Gasteiger partial charge in [0.05, 0.1) is 29.3 Å². The van der Waals surface area contributed by atoms with Crippen LogP contribution in [-0.4, -0.2) is 27.1 Å². The second kappa shape index (κ2) is 6.27. The number of benzene rings is 1. The first-order valence-corrected chi connectivity index (χ1v) is 7.79. The Kier molecular flexibility index (Phi) is 3.81. The van der Waals surface area contributed by atoms with Crippen molar-refractivity contribution in [2.24, 2.45) is 0 Å². The number of ether oxygens (including phenoxy) is 2. The van der Waals surface area contributed by atoms with Gasteiger partial charge in [-0.15, -0.1) is 5.10 Å². The van der Waals surface area contributed by atoms with Gasteiger partial charge in [-0.3, -0.25) is 14.6 Å². The van der Waals surface area contributed by atoms with E-state index >= 15 is 0 Å². The zero-order valence-corrected chi connectivity index (χ0v) is 13.1. The first kappa shape index (κ1) is 15.2. The highest BCUT2D eigenvalue weighted by Crippen LogP contribution is 2.34. The molecule has 4 rings (SSSR count). The summed E-state index contributed by atoms with van der Waals surface area (Å²) in [5.41, 5.74) is 1.62. The van der Waals surface area contributed by atoms with Gasteiger partial charge in [-0.05, 0) is 29.8 Å². The average Bonchev–Trinajstić information content (AvgIpc) is 2.62. The molecule has 1 aromatic carbocycles. The van der Waals surface area contributed by atoms with Gasteiger partial charge in [-0.1, -0.05) is 6.07 Å². The van der Waals surface area contributed by atoms with Gasteiger partial charge in [0.1, 0.15) is 5.75 Å². The number of rotatable bonds is 2. The van der Waals surface area contributed by atoms with Gasteiger partial charge >= 0.3 is 11.9 Å². The molecule has 0 unspecified atom stereocenters. The molecule has 1 aliphatic rings. The van der Waals surface area contributed by atoms with E-state index in [0.29, 0.717) is 28.6 Å². The molecule has 7 nitrogen and oxygen atoms in total. The lowest BCUT2D eigenvalue weighted by Crippen LogP contribution is -2.17. The molecule has 0 amide bonds. The van der Waals surface area contributed by atoms with Crippen LogP contribution in [0, 0.1) is 0 Å². The Hall–Kier alpha value is -3.35. The maximum absolute atomic E-state index is 12.0. The Bertz CT molecular complexity index is 973. The second-order valence-corrected chi connectivity index (χ2v) is 5.61. The Morgan fingerprint density at radius 3 is 2.48 bits per heavy atom. The Morgan fingerprint density at radius 1 is 0.920 bits per heavy atom. The Labute approximate surface area is 142 Å². The minimum atomic E-state index is -0.540. The maximum atomic E-state index is 12.0. The van der Waals surface area contributed by atoms with E-state index in [1.54, 1.807) is 30.6 Å². The maximum Gasteiger partial charge on any atom is 0.313 e. The SMILES string of the molecule is O=C1CCC(=O)Oc2cccc3c(nnc(Cc4ccncc4)c23)O1. The van der Waals surface area contributed by atoms with Gasteiger partial charge in [0.25, 0.3) is 0 Å². The summed E-state index contributed by atoms with van der Waals surface area (Å²) in [4.78, 5) is 27.8. The number of carbonyl (C=O) groups excluding carboxylic acids is 2. The Morgan fingerprint density at radius 2 is 1.68 bits per heavy atom. The zero-order valence-electron chi connectivity index (χ0n) is 13.1. The molecule has 7 heteroatoms. The van der Waals surface area contributed by atoms with Crippen LogP contribution in [0.5, 0.6) is 11.6 Å². The van der Waals surface area contributed by atoms with Crippen molar-refractivity contribution in [1.29, 1.82) is 0 Å². The molecule has 0 saturated heterocycles. The summed E-state index contributed by atoms with van der Waals surface area (Å²) >= 11 is 0. The van der Waals surface area contributed by atoms with Gasteiger partial charge in [0.2, 0.25) is 5.88 Å². The zero-order chi connectivity index (χ0) is 17.2. The van der Waals surface area contributed by atoms with Crippen LogP contribution in [0.15, 0.2) is 42.7 Å². The van der Waals surface area contributed by atoms with Crippen LogP contribution in [0.2, 0.25) is 0 Å². The van der Waals surface area contributed by atoms with Crippen LogP contribution >= 0.6 is 0 Å². The van der Waals surface area contributed by atoms with Crippen molar-refractivity contribution in [1.82, 2.24) is 15.2 Å². The van der Waals surface area contributed by atoms with E-state index in [1.807, 2.05) is 12.1 Å². The first-order valence-electron chi connectivity index (χ1n) is 7.79. The molecule has 25 heavy (non-hydrogen) atoms. The third kappa shape index (κ3) is 3.03. The van der Waals surface area contributed by atoms with E-state index in [0.717, 1.165) is 5.56 Å². The van der Waals surface area contributed by atoms with E-state index in [9.17, 15) is 9.59 Å². The molecule has 4 bridgehead atoms. The fourth-order valence-corrected chi connectivity index (χ4v) is 2.73. The fraction of sp³-hybridized carbons (Fsp3) is 0.167. The van der Waals surface area contributed by atoms with E-state index in [2.05, 4.69) is 15.2 Å². The van der Waals surface area contributed by atoms with Crippen molar-refractivity contribution in [2.75, 3.05) is 0 Å². The molecule has 0 saturated carbocycles. The topological polar surface area (TPSA) is 91.3 Å². The largest absolute Gasteiger partial charge is 0.426 e. The molecule has 3 heterocycles. The molecule has 0 fully saturated rings. The van der Waals surface area contributed by atoms with Crippen LogP contribution in [0.3, 0.4) is 0 Å². The number of carbonyl (C=O) groups is 2. The number of nitrogens with zero attached hydrogens (tertiary/aromatic N) is 3. The van der Waals surface area contributed by atoms with Gasteiger partial charge in [0.15, 0.2) is 0 Å². The normalized spacial score (nSPS) is 14.2. The van der Waals surface area contributed by atoms with Crippen LogP contribution in [0.25, 0.3) is 10.8 Å². The van der Waals surface area contributed by atoms with Gasteiger partial charge in [0, 0.05) is 18.8 Å². The van der Waals surface area contributed by atoms with Gasteiger partial charge in [-0.2, -0.15) is 5.10 Å². The van der Waals surface area contributed by atoms with Gasteiger partial charge in [-0.25, -0.2) is 0 Å². The smallest absolute Gasteiger partial charge is 0.313 e. The van der Waals surface area contributed by atoms with E-state index in [4.69, 9.17) is 9.47 Å². The minimum Gasteiger partial charge on any atom is -0.426 e. The summed E-state index contributed by atoms with van der Waals surface area (Å²) in [6.45, 7) is 0. The summed E-state index contributed by atoms with van der Waals surface area (Å²) in [6, 6.07) is 8.94. The average molecular weight is 335 g/mol. The lowest BCUT2D eigenvalue weighted by Gasteiger charge is -2.15. The molecule has 3 aromatic rings. The van der Waals surface area contributed by atoms with Gasteiger partial charge < -0.3 is 9.47 Å². The fourth-order valence-electron chi connectivity index (χ4n) is 2.73. The van der Waals surface area contributed by atoms with Crippen molar-refractivity contribution in [3.8, 4) is 11.6 Å².